The van der Waals surface area contributed by atoms with Gasteiger partial charge in [0.15, 0.2) is 5.82 Å². The summed E-state index contributed by atoms with van der Waals surface area (Å²) in [6, 6.07) is 0. The summed E-state index contributed by atoms with van der Waals surface area (Å²) in [4.78, 5) is 3.92. The van der Waals surface area contributed by atoms with Gasteiger partial charge in [-0.3, -0.25) is 0 Å². The number of rotatable bonds is 5. The third-order valence-corrected chi connectivity index (χ3v) is 1.48. The number of hydrogen-bond acceptors (Lipinski definition) is 4. The zero-order valence-electron chi connectivity index (χ0n) is 7.58. The SMILES string of the molecule is CC(C)CNCCc1ncon1. The first-order valence-electron chi connectivity index (χ1n) is 4.25. The summed E-state index contributed by atoms with van der Waals surface area (Å²) in [7, 11) is 0. The van der Waals surface area contributed by atoms with Crippen molar-refractivity contribution in [2.75, 3.05) is 13.1 Å². The Hall–Kier alpha value is -0.900. The van der Waals surface area contributed by atoms with Crippen molar-refractivity contribution in [1.29, 1.82) is 0 Å². The van der Waals surface area contributed by atoms with E-state index in [2.05, 4.69) is 33.8 Å². The molecule has 0 atom stereocenters. The van der Waals surface area contributed by atoms with Crippen LogP contribution >= 0.6 is 0 Å². The fourth-order valence-corrected chi connectivity index (χ4v) is 0.894. The van der Waals surface area contributed by atoms with Gasteiger partial charge in [0, 0.05) is 13.0 Å². The predicted octanol–water partition coefficient (Wildman–Crippen LogP) is 0.858. The molecule has 0 radical (unpaired) electrons. The highest BCUT2D eigenvalue weighted by Crippen LogP contribution is 1.90. The van der Waals surface area contributed by atoms with Gasteiger partial charge in [0.1, 0.15) is 0 Å². The van der Waals surface area contributed by atoms with Gasteiger partial charge in [-0.2, -0.15) is 4.98 Å². The average molecular weight is 169 g/mol. The fraction of sp³-hybridized carbons (Fsp3) is 0.750. The van der Waals surface area contributed by atoms with E-state index in [1.165, 1.54) is 6.39 Å². The van der Waals surface area contributed by atoms with E-state index in [4.69, 9.17) is 0 Å². The van der Waals surface area contributed by atoms with Gasteiger partial charge in [-0.05, 0) is 12.5 Å². The Balaban J connectivity index is 2.04. The Bertz CT molecular complexity index is 196. The number of hydrogen-bond donors (Lipinski definition) is 1. The van der Waals surface area contributed by atoms with E-state index in [0.29, 0.717) is 5.92 Å². The maximum Gasteiger partial charge on any atom is 0.213 e. The fourth-order valence-electron chi connectivity index (χ4n) is 0.894. The number of aromatic nitrogens is 2. The number of nitrogens with one attached hydrogen (secondary N) is 1. The molecule has 0 aromatic carbocycles. The Morgan fingerprint density at radius 2 is 2.42 bits per heavy atom. The van der Waals surface area contributed by atoms with E-state index in [9.17, 15) is 0 Å². The molecule has 0 spiro atoms. The summed E-state index contributed by atoms with van der Waals surface area (Å²) in [5.74, 6) is 1.46. The topological polar surface area (TPSA) is 51.0 Å². The maximum atomic E-state index is 4.60. The second-order valence-electron chi connectivity index (χ2n) is 3.20. The van der Waals surface area contributed by atoms with Crippen molar-refractivity contribution in [3.05, 3.63) is 12.2 Å². The van der Waals surface area contributed by atoms with Crippen molar-refractivity contribution in [2.24, 2.45) is 5.92 Å². The van der Waals surface area contributed by atoms with Gasteiger partial charge in [0.05, 0.1) is 0 Å². The third-order valence-electron chi connectivity index (χ3n) is 1.48. The van der Waals surface area contributed by atoms with Crippen molar-refractivity contribution in [3.8, 4) is 0 Å². The van der Waals surface area contributed by atoms with E-state index in [1.807, 2.05) is 0 Å². The summed E-state index contributed by atoms with van der Waals surface area (Å²) < 4.78 is 4.60. The lowest BCUT2D eigenvalue weighted by atomic mass is 10.2. The van der Waals surface area contributed by atoms with Crippen LogP contribution in [0.5, 0.6) is 0 Å². The number of nitrogens with zero attached hydrogens (tertiary/aromatic N) is 2. The molecular weight excluding hydrogens is 154 g/mol. The van der Waals surface area contributed by atoms with E-state index in [1.54, 1.807) is 0 Å². The van der Waals surface area contributed by atoms with Crippen molar-refractivity contribution < 1.29 is 4.52 Å². The summed E-state index contributed by atoms with van der Waals surface area (Å²) in [6.07, 6.45) is 2.20. The van der Waals surface area contributed by atoms with Crippen LogP contribution in [0.1, 0.15) is 19.7 Å². The summed E-state index contributed by atoms with van der Waals surface area (Å²) in [6.45, 7) is 6.32. The molecule has 1 N–H and O–H groups in total. The molecule has 1 rings (SSSR count). The minimum atomic E-state index is 0.690. The molecular formula is C8H15N3O. The van der Waals surface area contributed by atoms with Gasteiger partial charge in [-0.15, -0.1) is 0 Å². The van der Waals surface area contributed by atoms with Gasteiger partial charge in [-0.1, -0.05) is 19.0 Å². The van der Waals surface area contributed by atoms with Gasteiger partial charge < -0.3 is 9.84 Å². The molecule has 0 fully saturated rings. The first-order chi connectivity index (χ1) is 5.79. The van der Waals surface area contributed by atoms with Crippen molar-refractivity contribution in [2.45, 2.75) is 20.3 Å². The quantitative estimate of drug-likeness (QED) is 0.664. The van der Waals surface area contributed by atoms with Crippen molar-refractivity contribution >= 4 is 0 Å². The molecule has 0 aliphatic rings. The van der Waals surface area contributed by atoms with E-state index < -0.39 is 0 Å². The minimum Gasteiger partial charge on any atom is -0.343 e. The van der Waals surface area contributed by atoms with Gasteiger partial charge >= 0.3 is 0 Å². The Kier molecular flexibility index (Phi) is 3.73. The molecule has 0 amide bonds. The standard InChI is InChI=1S/C8H15N3O/c1-7(2)5-9-4-3-8-10-6-12-11-8/h6-7,9H,3-5H2,1-2H3. The van der Waals surface area contributed by atoms with Crippen LogP contribution in [0.2, 0.25) is 0 Å². The van der Waals surface area contributed by atoms with Crippen molar-refractivity contribution in [1.82, 2.24) is 15.5 Å². The molecule has 1 aromatic rings. The van der Waals surface area contributed by atoms with Crippen LogP contribution in [0.25, 0.3) is 0 Å². The summed E-state index contributed by atoms with van der Waals surface area (Å²) in [5, 5.41) is 7.01. The molecule has 12 heavy (non-hydrogen) atoms. The molecule has 0 aliphatic heterocycles. The first-order valence-corrected chi connectivity index (χ1v) is 4.25. The molecule has 0 saturated carbocycles. The lowest BCUT2D eigenvalue weighted by Crippen LogP contribution is -2.22. The van der Waals surface area contributed by atoms with Crippen LogP contribution in [-0.2, 0) is 6.42 Å². The molecule has 4 heteroatoms. The molecule has 0 aliphatic carbocycles. The Morgan fingerprint density at radius 1 is 1.58 bits per heavy atom. The summed E-state index contributed by atoms with van der Waals surface area (Å²) in [5.41, 5.74) is 0. The zero-order chi connectivity index (χ0) is 8.81. The largest absolute Gasteiger partial charge is 0.343 e. The van der Waals surface area contributed by atoms with E-state index >= 15 is 0 Å². The van der Waals surface area contributed by atoms with Crippen LogP contribution in [0.3, 0.4) is 0 Å². The monoisotopic (exact) mass is 169 g/mol. The second kappa shape index (κ2) is 4.87. The van der Waals surface area contributed by atoms with Crippen LogP contribution in [-0.4, -0.2) is 23.2 Å². The molecule has 68 valence electrons. The average Bonchev–Trinajstić information content (AvgIpc) is 2.49. The lowest BCUT2D eigenvalue weighted by Gasteiger charge is -2.04. The van der Waals surface area contributed by atoms with Crippen molar-refractivity contribution in [3.63, 3.8) is 0 Å². The van der Waals surface area contributed by atoms with E-state index in [0.717, 1.165) is 25.3 Å². The molecule has 0 saturated heterocycles. The van der Waals surface area contributed by atoms with Crippen LogP contribution in [0.15, 0.2) is 10.9 Å². The van der Waals surface area contributed by atoms with Gasteiger partial charge in [0.25, 0.3) is 0 Å². The maximum absolute atomic E-state index is 4.60. The highest BCUT2D eigenvalue weighted by molar-refractivity contribution is 4.78. The highest BCUT2D eigenvalue weighted by atomic mass is 16.5. The molecule has 1 heterocycles. The minimum absolute atomic E-state index is 0.690. The Morgan fingerprint density at radius 3 is 3.00 bits per heavy atom. The summed E-state index contributed by atoms with van der Waals surface area (Å²) >= 11 is 0. The molecule has 1 aromatic heterocycles. The van der Waals surface area contributed by atoms with Gasteiger partial charge in [0.2, 0.25) is 6.39 Å². The lowest BCUT2D eigenvalue weighted by molar-refractivity contribution is 0.409. The smallest absolute Gasteiger partial charge is 0.213 e. The van der Waals surface area contributed by atoms with Crippen LogP contribution in [0, 0.1) is 5.92 Å². The first kappa shape index (κ1) is 9.19. The third kappa shape index (κ3) is 3.48. The normalized spacial score (nSPS) is 10.9. The zero-order valence-corrected chi connectivity index (χ0v) is 7.58. The van der Waals surface area contributed by atoms with Crippen LogP contribution < -0.4 is 5.32 Å². The second-order valence-corrected chi connectivity index (χ2v) is 3.20. The van der Waals surface area contributed by atoms with Crippen LogP contribution in [0.4, 0.5) is 0 Å². The predicted molar refractivity (Wildman–Crippen MR) is 45.7 cm³/mol. The highest BCUT2D eigenvalue weighted by Gasteiger charge is 1.97. The van der Waals surface area contributed by atoms with E-state index in [-0.39, 0.29) is 0 Å². The molecule has 4 nitrogen and oxygen atoms in total. The Labute approximate surface area is 72.4 Å². The molecule has 0 unspecified atom stereocenters. The van der Waals surface area contributed by atoms with Gasteiger partial charge in [-0.25, -0.2) is 0 Å². The molecule has 0 bridgehead atoms.